The molecular formula is C21H19N3O3. The molecule has 0 saturated carbocycles. The van der Waals surface area contributed by atoms with E-state index in [0.29, 0.717) is 18.7 Å². The summed E-state index contributed by atoms with van der Waals surface area (Å²) in [6.45, 7) is 0.596. The third-order valence-corrected chi connectivity index (χ3v) is 4.55. The van der Waals surface area contributed by atoms with E-state index in [9.17, 15) is 9.59 Å². The molecule has 0 spiro atoms. The number of hydrogen-bond donors (Lipinski definition) is 2. The van der Waals surface area contributed by atoms with E-state index in [4.69, 9.17) is 4.74 Å². The Morgan fingerprint density at radius 1 is 1.04 bits per heavy atom. The van der Waals surface area contributed by atoms with Crippen molar-refractivity contribution in [2.24, 2.45) is 0 Å². The number of benzene rings is 2. The van der Waals surface area contributed by atoms with Gasteiger partial charge in [0.05, 0.1) is 30.0 Å². The normalized spacial score (nSPS) is 15.9. The van der Waals surface area contributed by atoms with Crippen molar-refractivity contribution >= 4 is 28.4 Å². The van der Waals surface area contributed by atoms with Gasteiger partial charge in [0.2, 0.25) is 0 Å². The number of aromatic nitrogens is 1. The van der Waals surface area contributed by atoms with Crippen molar-refractivity contribution < 1.29 is 14.3 Å². The summed E-state index contributed by atoms with van der Waals surface area (Å²) in [5.41, 5.74) is 2.21. The first-order valence-corrected chi connectivity index (χ1v) is 8.89. The lowest BCUT2D eigenvalue weighted by Crippen LogP contribution is -2.37. The van der Waals surface area contributed by atoms with Gasteiger partial charge in [-0.2, -0.15) is 0 Å². The molecule has 6 nitrogen and oxygen atoms in total. The van der Waals surface area contributed by atoms with Gasteiger partial charge in [0.1, 0.15) is 5.75 Å². The second-order valence-corrected chi connectivity index (χ2v) is 6.43. The average molecular weight is 361 g/mol. The van der Waals surface area contributed by atoms with Gasteiger partial charge in [0.25, 0.3) is 0 Å². The van der Waals surface area contributed by atoms with Crippen LogP contribution in [0.25, 0.3) is 10.9 Å². The minimum Gasteiger partial charge on any atom is -0.493 e. The van der Waals surface area contributed by atoms with Gasteiger partial charge in [-0.1, -0.05) is 36.4 Å². The predicted molar refractivity (Wildman–Crippen MR) is 102 cm³/mol. The number of fused-ring (bicyclic) bond motifs is 2. The maximum absolute atomic E-state index is 12.4. The molecule has 4 rings (SSSR count). The summed E-state index contributed by atoms with van der Waals surface area (Å²) in [6.07, 6.45) is 3.06. The smallest absolute Gasteiger partial charge is 0.313 e. The number of nitrogens with zero attached hydrogens (tertiary/aromatic N) is 1. The number of nitrogens with one attached hydrogen (secondary N) is 2. The summed E-state index contributed by atoms with van der Waals surface area (Å²) < 4.78 is 5.70. The van der Waals surface area contributed by atoms with Gasteiger partial charge in [-0.15, -0.1) is 0 Å². The van der Waals surface area contributed by atoms with Gasteiger partial charge >= 0.3 is 11.8 Å². The fourth-order valence-electron chi connectivity index (χ4n) is 3.23. The van der Waals surface area contributed by atoms with Crippen LogP contribution in [0.4, 0.5) is 5.69 Å². The van der Waals surface area contributed by atoms with E-state index in [1.54, 1.807) is 12.3 Å². The van der Waals surface area contributed by atoms with Crippen LogP contribution in [-0.2, 0) is 9.59 Å². The average Bonchev–Trinajstić information content (AvgIpc) is 2.90. The van der Waals surface area contributed by atoms with Gasteiger partial charge in [-0.3, -0.25) is 14.6 Å². The first-order valence-electron chi connectivity index (χ1n) is 8.89. The van der Waals surface area contributed by atoms with Gasteiger partial charge in [-0.25, -0.2) is 0 Å². The maximum atomic E-state index is 12.4. The zero-order valence-corrected chi connectivity index (χ0v) is 14.6. The second kappa shape index (κ2) is 7.45. The van der Waals surface area contributed by atoms with Crippen molar-refractivity contribution in [2.45, 2.75) is 18.9 Å². The van der Waals surface area contributed by atoms with Crippen LogP contribution in [0.1, 0.15) is 24.4 Å². The first-order chi connectivity index (χ1) is 13.2. The van der Waals surface area contributed by atoms with E-state index in [-0.39, 0.29) is 6.04 Å². The molecular weight excluding hydrogens is 342 g/mol. The molecule has 2 aromatic carbocycles. The molecule has 0 bridgehead atoms. The Labute approximate surface area is 156 Å². The van der Waals surface area contributed by atoms with Crippen LogP contribution in [-0.4, -0.2) is 23.4 Å². The number of ether oxygens (including phenoxy) is 1. The maximum Gasteiger partial charge on any atom is 0.313 e. The summed E-state index contributed by atoms with van der Waals surface area (Å²) in [5.74, 6) is -0.640. The molecule has 2 N–H and O–H groups in total. The van der Waals surface area contributed by atoms with Crippen molar-refractivity contribution in [1.82, 2.24) is 10.3 Å². The van der Waals surface area contributed by atoms with Crippen LogP contribution < -0.4 is 15.4 Å². The third-order valence-electron chi connectivity index (χ3n) is 4.55. The van der Waals surface area contributed by atoms with Gasteiger partial charge in [0, 0.05) is 10.9 Å². The first kappa shape index (κ1) is 17.0. The summed E-state index contributed by atoms with van der Waals surface area (Å²) in [6, 6.07) is 16.7. The highest BCUT2D eigenvalue weighted by Crippen LogP contribution is 2.31. The monoisotopic (exact) mass is 361 g/mol. The molecule has 0 aliphatic carbocycles. The standard InChI is InChI=1S/C21H19N3O3/c25-20(23-15-12-14-6-1-3-8-17(14)22-13-15)21(26)24-18-9-5-11-27-19-10-4-2-7-16(18)19/h1-4,6-8,10,12-13,18H,5,9,11H2,(H,23,25)(H,24,26)/t18-/m0/s1. The van der Waals surface area contributed by atoms with Crippen molar-refractivity contribution in [3.8, 4) is 5.75 Å². The van der Waals surface area contributed by atoms with Crippen LogP contribution in [0.5, 0.6) is 5.75 Å². The molecule has 1 aromatic heterocycles. The largest absolute Gasteiger partial charge is 0.493 e. The van der Waals surface area contributed by atoms with E-state index in [1.807, 2.05) is 48.5 Å². The quantitative estimate of drug-likeness (QED) is 0.687. The van der Waals surface area contributed by atoms with Gasteiger partial charge in [-0.05, 0) is 31.0 Å². The lowest BCUT2D eigenvalue weighted by Gasteiger charge is -2.18. The molecule has 2 heterocycles. The van der Waals surface area contributed by atoms with Crippen molar-refractivity contribution in [3.63, 3.8) is 0 Å². The topological polar surface area (TPSA) is 80.3 Å². The summed E-state index contributed by atoms with van der Waals surface area (Å²) in [7, 11) is 0. The van der Waals surface area contributed by atoms with Crippen molar-refractivity contribution in [2.75, 3.05) is 11.9 Å². The molecule has 1 aliphatic rings. The van der Waals surface area contributed by atoms with Gasteiger partial charge < -0.3 is 15.4 Å². The zero-order chi connectivity index (χ0) is 18.6. The number of rotatable bonds is 2. The Bertz CT molecular complexity index is 1000. The Kier molecular flexibility index (Phi) is 4.70. The number of para-hydroxylation sites is 2. The number of hydrogen-bond acceptors (Lipinski definition) is 4. The predicted octanol–water partition coefficient (Wildman–Crippen LogP) is 3.20. The third kappa shape index (κ3) is 3.74. The number of pyridine rings is 1. The fraction of sp³-hybridized carbons (Fsp3) is 0.190. The molecule has 1 aliphatic heterocycles. The lowest BCUT2D eigenvalue weighted by molar-refractivity contribution is -0.136. The Morgan fingerprint density at radius 2 is 1.85 bits per heavy atom. The molecule has 0 fully saturated rings. The highest BCUT2D eigenvalue weighted by Gasteiger charge is 2.24. The molecule has 2 amide bonds. The Balaban J connectivity index is 1.47. The molecule has 6 heteroatoms. The highest BCUT2D eigenvalue weighted by atomic mass is 16.5. The SMILES string of the molecule is O=C(Nc1cnc2ccccc2c1)C(=O)N[C@H]1CCCOc2ccccc21. The van der Waals surface area contributed by atoms with E-state index < -0.39 is 11.8 Å². The highest BCUT2D eigenvalue weighted by molar-refractivity contribution is 6.39. The summed E-state index contributed by atoms with van der Waals surface area (Å²) in [5, 5.41) is 6.33. The Morgan fingerprint density at radius 3 is 2.78 bits per heavy atom. The van der Waals surface area contributed by atoms with E-state index >= 15 is 0 Å². The number of amides is 2. The molecule has 1 atom stereocenters. The number of anilines is 1. The lowest BCUT2D eigenvalue weighted by atomic mass is 10.0. The van der Waals surface area contributed by atoms with Crippen LogP contribution >= 0.6 is 0 Å². The molecule has 136 valence electrons. The minimum absolute atomic E-state index is 0.253. The number of carbonyl (C=O) groups is 2. The minimum atomic E-state index is -0.713. The van der Waals surface area contributed by atoms with E-state index in [1.165, 1.54) is 0 Å². The molecule has 3 aromatic rings. The molecule has 0 saturated heterocycles. The van der Waals surface area contributed by atoms with Crippen LogP contribution in [0, 0.1) is 0 Å². The second-order valence-electron chi connectivity index (χ2n) is 6.43. The van der Waals surface area contributed by atoms with E-state index in [2.05, 4.69) is 15.6 Å². The van der Waals surface area contributed by atoms with Crippen molar-refractivity contribution in [1.29, 1.82) is 0 Å². The molecule has 0 unspecified atom stereocenters. The van der Waals surface area contributed by atoms with Crippen LogP contribution in [0.2, 0.25) is 0 Å². The Hall–Kier alpha value is -3.41. The van der Waals surface area contributed by atoms with Crippen LogP contribution in [0.3, 0.4) is 0 Å². The van der Waals surface area contributed by atoms with Crippen LogP contribution in [0.15, 0.2) is 60.8 Å². The van der Waals surface area contributed by atoms with Gasteiger partial charge in [0.15, 0.2) is 0 Å². The molecule has 0 radical (unpaired) electrons. The number of carbonyl (C=O) groups excluding carboxylic acids is 2. The van der Waals surface area contributed by atoms with E-state index in [0.717, 1.165) is 28.6 Å². The molecule has 27 heavy (non-hydrogen) atoms. The summed E-state index contributed by atoms with van der Waals surface area (Å²) >= 11 is 0. The van der Waals surface area contributed by atoms with Crippen molar-refractivity contribution in [3.05, 3.63) is 66.4 Å². The zero-order valence-electron chi connectivity index (χ0n) is 14.6. The fourth-order valence-corrected chi connectivity index (χ4v) is 3.23. The summed E-state index contributed by atoms with van der Waals surface area (Å²) in [4.78, 5) is 29.0.